The molecule has 0 atom stereocenters. The van der Waals surface area contributed by atoms with E-state index in [4.69, 9.17) is 5.11 Å². The van der Waals surface area contributed by atoms with Gasteiger partial charge < -0.3 is 10.4 Å². The lowest BCUT2D eigenvalue weighted by Crippen LogP contribution is -2.49. The van der Waals surface area contributed by atoms with E-state index >= 15 is 0 Å². The fourth-order valence-corrected chi connectivity index (χ4v) is 2.17. The zero-order chi connectivity index (χ0) is 12.9. The van der Waals surface area contributed by atoms with Gasteiger partial charge in [0.05, 0.1) is 17.5 Å². The van der Waals surface area contributed by atoms with Gasteiger partial charge in [-0.15, -0.1) is 11.3 Å². The summed E-state index contributed by atoms with van der Waals surface area (Å²) in [5.74, 6) is -1.22. The van der Waals surface area contributed by atoms with Crippen LogP contribution in [0.4, 0.5) is 0 Å². The molecule has 0 radical (unpaired) electrons. The second-order valence-electron chi connectivity index (χ2n) is 3.89. The number of hydrogen-bond acceptors (Lipinski definition) is 4. The highest BCUT2D eigenvalue weighted by atomic mass is 32.1. The first kappa shape index (κ1) is 13.6. The van der Waals surface area contributed by atoms with E-state index < -0.39 is 11.5 Å². The highest BCUT2D eigenvalue weighted by Crippen LogP contribution is 2.20. The topological polar surface area (TPSA) is 79.3 Å². The Morgan fingerprint density at radius 2 is 2.12 bits per heavy atom. The molecule has 1 aromatic rings. The minimum absolute atomic E-state index is 0.0735. The molecule has 0 fully saturated rings. The van der Waals surface area contributed by atoms with Gasteiger partial charge in [0, 0.05) is 5.38 Å². The van der Waals surface area contributed by atoms with Crippen molar-refractivity contribution < 1.29 is 14.7 Å². The summed E-state index contributed by atoms with van der Waals surface area (Å²) in [7, 11) is 0. The van der Waals surface area contributed by atoms with Crippen LogP contribution in [-0.2, 0) is 4.79 Å². The van der Waals surface area contributed by atoms with E-state index in [2.05, 4.69) is 10.3 Å². The molecule has 1 heterocycles. The molecule has 0 saturated heterocycles. The van der Waals surface area contributed by atoms with Crippen LogP contribution in [0.1, 0.15) is 43.6 Å². The van der Waals surface area contributed by atoms with Crippen molar-refractivity contribution >= 4 is 23.2 Å². The van der Waals surface area contributed by atoms with Crippen LogP contribution < -0.4 is 5.32 Å². The molecule has 1 rings (SSSR count). The lowest BCUT2D eigenvalue weighted by Gasteiger charge is -2.31. The Morgan fingerprint density at radius 3 is 2.53 bits per heavy atom. The largest absolute Gasteiger partial charge is 0.481 e. The van der Waals surface area contributed by atoms with Crippen LogP contribution in [0.25, 0.3) is 0 Å². The molecule has 94 valence electrons. The number of amides is 1. The maximum absolute atomic E-state index is 11.9. The van der Waals surface area contributed by atoms with Crippen LogP contribution in [0.2, 0.25) is 0 Å². The van der Waals surface area contributed by atoms with Gasteiger partial charge in [0.1, 0.15) is 5.69 Å². The summed E-state index contributed by atoms with van der Waals surface area (Å²) in [4.78, 5) is 26.6. The molecule has 0 unspecified atom stereocenters. The summed E-state index contributed by atoms with van der Waals surface area (Å²) in [5.41, 5.74) is 1.23. The van der Waals surface area contributed by atoms with Crippen LogP contribution in [0.5, 0.6) is 0 Å². The fourth-order valence-electron chi connectivity index (χ4n) is 1.64. The van der Waals surface area contributed by atoms with E-state index in [1.165, 1.54) is 11.3 Å². The number of nitrogens with one attached hydrogen (secondary N) is 1. The summed E-state index contributed by atoms with van der Waals surface area (Å²) in [6.07, 6.45) is 1.08. The molecular formula is C11H16N2O3S. The lowest BCUT2D eigenvalue weighted by molar-refractivity contribution is -0.138. The van der Waals surface area contributed by atoms with Crippen molar-refractivity contribution in [3.8, 4) is 0 Å². The summed E-state index contributed by atoms with van der Waals surface area (Å²) in [6, 6.07) is 0. The molecule has 6 heteroatoms. The van der Waals surface area contributed by atoms with Crippen LogP contribution in [0.15, 0.2) is 10.9 Å². The average Bonchev–Trinajstić information content (AvgIpc) is 2.80. The third kappa shape index (κ3) is 3.52. The molecule has 0 bridgehead atoms. The number of nitrogens with zero attached hydrogens (tertiary/aromatic N) is 1. The normalized spacial score (nSPS) is 11.2. The number of carbonyl (C=O) groups is 2. The fraction of sp³-hybridized carbons (Fsp3) is 0.545. The van der Waals surface area contributed by atoms with E-state index in [9.17, 15) is 9.59 Å². The number of carbonyl (C=O) groups excluding carboxylic acids is 1. The molecule has 17 heavy (non-hydrogen) atoms. The lowest BCUT2D eigenvalue weighted by atomic mass is 9.89. The third-order valence-corrected chi connectivity index (χ3v) is 3.47. The highest BCUT2D eigenvalue weighted by Gasteiger charge is 2.31. The zero-order valence-electron chi connectivity index (χ0n) is 9.90. The number of hydrogen-bond donors (Lipinski definition) is 2. The van der Waals surface area contributed by atoms with E-state index in [1.807, 2.05) is 13.8 Å². The zero-order valence-corrected chi connectivity index (χ0v) is 10.7. The third-order valence-electron chi connectivity index (χ3n) is 2.89. The Bertz CT molecular complexity index is 385. The SMILES string of the molecule is CCC(CC)(CC(=O)O)NC(=O)c1cscn1. The van der Waals surface area contributed by atoms with Crippen molar-refractivity contribution in [3.63, 3.8) is 0 Å². The van der Waals surface area contributed by atoms with Gasteiger partial charge in [0.15, 0.2) is 0 Å². The summed E-state index contributed by atoms with van der Waals surface area (Å²) in [6.45, 7) is 3.74. The van der Waals surface area contributed by atoms with Gasteiger partial charge in [-0.3, -0.25) is 9.59 Å². The quantitative estimate of drug-likeness (QED) is 0.814. The average molecular weight is 256 g/mol. The summed E-state index contributed by atoms with van der Waals surface area (Å²) < 4.78 is 0. The standard InChI is InChI=1S/C11H16N2O3S/c1-3-11(4-2,5-9(14)15)13-10(16)8-6-17-7-12-8/h6-7H,3-5H2,1-2H3,(H,13,16)(H,14,15). The second kappa shape index (κ2) is 5.77. The van der Waals surface area contributed by atoms with Crippen molar-refractivity contribution in [1.29, 1.82) is 0 Å². The smallest absolute Gasteiger partial charge is 0.305 e. The predicted octanol–water partition coefficient (Wildman–Crippen LogP) is 1.91. The maximum atomic E-state index is 11.9. The molecule has 5 nitrogen and oxygen atoms in total. The van der Waals surface area contributed by atoms with Gasteiger partial charge in [-0.25, -0.2) is 4.98 Å². The number of aromatic nitrogens is 1. The van der Waals surface area contributed by atoms with Crippen LogP contribution in [0.3, 0.4) is 0 Å². The molecule has 0 aliphatic carbocycles. The van der Waals surface area contributed by atoms with Crippen molar-refractivity contribution in [1.82, 2.24) is 10.3 Å². The van der Waals surface area contributed by atoms with Crippen molar-refractivity contribution in [2.24, 2.45) is 0 Å². The number of rotatable bonds is 6. The summed E-state index contributed by atoms with van der Waals surface area (Å²) >= 11 is 1.33. The number of carboxylic acid groups (broad SMARTS) is 1. The Hall–Kier alpha value is -1.43. The number of carboxylic acids is 1. The van der Waals surface area contributed by atoms with E-state index in [0.29, 0.717) is 18.5 Å². The van der Waals surface area contributed by atoms with Crippen molar-refractivity contribution in [3.05, 3.63) is 16.6 Å². The Morgan fingerprint density at radius 1 is 1.47 bits per heavy atom. The van der Waals surface area contributed by atoms with Crippen LogP contribution in [-0.4, -0.2) is 27.5 Å². The van der Waals surface area contributed by atoms with Crippen LogP contribution >= 0.6 is 11.3 Å². The maximum Gasteiger partial charge on any atom is 0.305 e. The van der Waals surface area contributed by atoms with Gasteiger partial charge in [0.2, 0.25) is 0 Å². The number of aliphatic carboxylic acids is 1. The molecular weight excluding hydrogens is 240 g/mol. The molecule has 1 aromatic heterocycles. The molecule has 0 saturated carbocycles. The minimum Gasteiger partial charge on any atom is -0.481 e. The Labute approximate surface area is 104 Å². The first-order valence-corrected chi connectivity index (χ1v) is 6.39. The molecule has 1 amide bonds. The highest BCUT2D eigenvalue weighted by molar-refractivity contribution is 7.07. The van der Waals surface area contributed by atoms with Crippen molar-refractivity contribution in [2.75, 3.05) is 0 Å². The Balaban J connectivity index is 2.79. The minimum atomic E-state index is -0.910. The molecule has 0 aliphatic heterocycles. The summed E-state index contributed by atoms with van der Waals surface area (Å²) in [5, 5.41) is 13.3. The van der Waals surface area contributed by atoms with Crippen LogP contribution in [0, 0.1) is 0 Å². The van der Waals surface area contributed by atoms with Gasteiger partial charge in [-0.1, -0.05) is 13.8 Å². The predicted molar refractivity (Wildman–Crippen MR) is 65.1 cm³/mol. The number of thiazole rings is 1. The van der Waals surface area contributed by atoms with Gasteiger partial charge in [-0.2, -0.15) is 0 Å². The molecule has 0 spiro atoms. The van der Waals surface area contributed by atoms with Gasteiger partial charge >= 0.3 is 5.97 Å². The molecule has 0 aliphatic rings. The van der Waals surface area contributed by atoms with Gasteiger partial charge in [0.25, 0.3) is 5.91 Å². The van der Waals surface area contributed by atoms with Gasteiger partial charge in [-0.05, 0) is 12.8 Å². The molecule has 0 aromatic carbocycles. The van der Waals surface area contributed by atoms with E-state index in [1.54, 1.807) is 10.9 Å². The first-order valence-electron chi connectivity index (χ1n) is 5.45. The van der Waals surface area contributed by atoms with E-state index in [0.717, 1.165) is 0 Å². The van der Waals surface area contributed by atoms with E-state index in [-0.39, 0.29) is 12.3 Å². The Kier molecular flexibility index (Phi) is 4.62. The van der Waals surface area contributed by atoms with Crippen molar-refractivity contribution in [2.45, 2.75) is 38.6 Å². The monoisotopic (exact) mass is 256 g/mol. The first-order chi connectivity index (χ1) is 8.03. The molecule has 2 N–H and O–H groups in total. The second-order valence-corrected chi connectivity index (χ2v) is 4.60.